The summed E-state index contributed by atoms with van der Waals surface area (Å²) in [4.78, 5) is 4.37. The van der Waals surface area contributed by atoms with E-state index in [-0.39, 0.29) is 6.10 Å². The van der Waals surface area contributed by atoms with Crippen LogP contribution in [0.5, 0.6) is 5.75 Å². The summed E-state index contributed by atoms with van der Waals surface area (Å²) in [5, 5.41) is 6.91. The van der Waals surface area contributed by atoms with Crippen LogP contribution < -0.4 is 15.4 Å². The van der Waals surface area contributed by atoms with E-state index < -0.39 is 0 Å². The minimum Gasteiger partial charge on any atom is -0.497 e. The van der Waals surface area contributed by atoms with Crippen molar-refractivity contribution in [2.24, 2.45) is 10.9 Å². The molecule has 0 radical (unpaired) electrons. The molecular weight excluding hydrogens is 362 g/mol. The van der Waals surface area contributed by atoms with E-state index >= 15 is 0 Å². The SMILES string of the molecule is CN=C(NCCc1ccc(OC)cc1)NCC1CCCOC1c1ccc(C)cc1. The number of aliphatic imine (C=N–C) groups is 1. The molecule has 5 heteroatoms. The molecule has 2 atom stereocenters. The summed E-state index contributed by atoms with van der Waals surface area (Å²) in [7, 11) is 3.50. The molecule has 1 aliphatic heterocycles. The summed E-state index contributed by atoms with van der Waals surface area (Å²) < 4.78 is 11.3. The minimum atomic E-state index is 0.147. The van der Waals surface area contributed by atoms with Gasteiger partial charge in [-0.25, -0.2) is 0 Å². The molecule has 0 spiro atoms. The number of hydrogen-bond acceptors (Lipinski definition) is 3. The highest BCUT2D eigenvalue weighted by atomic mass is 16.5. The number of hydrogen-bond donors (Lipinski definition) is 2. The minimum absolute atomic E-state index is 0.147. The molecule has 0 aliphatic carbocycles. The van der Waals surface area contributed by atoms with Crippen molar-refractivity contribution in [3.8, 4) is 5.75 Å². The van der Waals surface area contributed by atoms with Crippen LogP contribution in [0.1, 0.15) is 35.6 Å². The Kier molecular flexibility index (Phi) is 7.94. The van der Waals surface area contributed by atoms with Gasteiger partial charge in [0.15, 0.2) is 5.96 Å². The number of rotatable bonds is 7. The van der Waals surface area contributed by atoms with Crippen molar-refractivity contribution >= 4 is 5.96 Å². The number of methoxy groups -OCH3 is 1. The summed E-state index contributed by atoms with van der Waals surface area (Å²) in [6, 6.07) is 16.9. The van der Waals surface area contributed by atoms with Gasteiger partial charge < -0.3 is 20.1 Å². The van der Waals surface area contributed by atoms with E-state index in [1.54, 1.807) is 7.11 Å². The first-order valence-electron chi connectivity index (χ1n) is 10.4. The van der Waals surface area contributed by atoms with Crippen LogP contribution in [0.2, 0.25) is 0 Å². The van der Waals surface area contributed by atoms with Gasteiger partial charge in [-0.1, -0.05) is 42.0 Å². The van der Waals surface area contributed by atoms with Gasteiger partial charge in [-0.05, 0) is 49.4 Å². The second-order valence-electron chi connectivity index (χ2n) is 7.58. The van der Waals surface area contributed by atoms with Crippen LogP contribution >= 0.6 is 0 Å². The van der Waals surface area contributed by atoms with Crippen molar-refractivity contribution in [3.05, 3.63) is 65.2 Å². The molecular formula is C24H33N3O2. The Labute approximate surface area is 174 Å². The van der Waals surface area contributed by atoms with Gasteiger partial charge in [0, 0.05) is 32.7 Å². The number of guanidine groups is 1. The first-order valence-corrected chi connectivity index (χ1v) is 10.4. The summed E-state index contributed by atoms with van der Waals surface area (Å²) in [6.07, 6.45) is 3.35. The number of nitrogens with one attached hydrogen (secondary N) is 2. The zero-order chi connectivity index (χ0) is 20.5. The molecule has 29 heavy (non-hydrogen) atoms. The van der Waals surface area contributed by atoms with Crippen molar-refractivity contribution in [2.45, 2.75) is 32.3 Å². The van der Waals surface area contributed by atoms with Crippen molar-refractivity contribution in [2.75, 3.05) is 33.9 Å². The van der Waals surface area contributed by atoms with Gasteiger partial charge in [0.25, 0.3) is 0 Å². The highest BCUT2D eigenvalue weighted by molar-refractivity contribution is 5.79. The quantitative estimate of drug-likeness (QED) is 0.552. The van der Waals surface area contributed by atoms with Gasteiger partial charge in [-0.15, -0.1) is 0 Å². The van der Waals surface area contributed by atoms with Crippen LogP contribution in [0.3, 0.4) is 0 Å². The van der Waals surface area contributed by atoms with E-state index in [0.29, 0.717) is 5.92 Å². The van der Waals surface area contributed by atoms with Gasteiger partial charge in [0.2, 0.25) is 0 Å². The predicted molar refractivity (Wildman–Crippen MR) is 119 cm³/mol. The maximum atomic E-state index is 6.13. The molecule has 2 unspecified atom stereocenters. The molecule has 1 heterocycles. The fourth-order valence-corrected chi connectivity index (χ4v) is 3.74. The number of benzene rings is 2. The summed E-state index contributed by atoms with van der Waals surface area (Å²) in [5.74, 6) is 2.16. The average molecular weight is 396 g/mol. The lowest BCUT2D eigenvalue weighted by Crippen LogP contribution is -2.42. The monoisotopic (exact) mass is 395 g/mol. The van der Waals surface area contributed by atoms with E-state index in [9.17, 15) is 0 Å². The molecule has 2 aromatic rings. The lowest BCUT2D eigenvalue weighted by Gasteiger charge is -2.32. The molecule has 0 aromatic heterocycles. The lowest BCUT2D eigenvalue weighted by molar-refractivity contribution is -0.0265. The maximum absolute atomic E-state index is 6.13. The standard InChI is InChI=1S/C24H33N3O2/c1-18-6-10-20(11-7-18)23-21(5-4-16-29-23)17-27-24(25-2)26-15-14-19-8-12-22(28-3)13-9-19/h6-13,21,23H,4-5,14-17H2,1-3H3,(H2,25,26,27). The Hall–Kier alpha value is -2.53. The molecule has 0 amide bonds. The van der Waals surface area contributed by atoms with E-state index in [2.05, 4.69) is 58.9 Å². The second-order valence-corrected chi connectivity index (χ2v) is 7.58. The van der Waals surface area contributed by atoms with Gasteiger partial charge in [-0.3, -0.25) is 4.99 Å². The van der Waals surface area contributed by atoms with Crippen LogP contribution in [0.4, 0.5) is 0 Å². The van der Waals surface area contributed by atoms with Crippen LogP contribution in [0.15, 0.2) is 53.5 Å². The Balaban J connectivity index is 1.48. The predicted octanol–water partition coefficient (Wildman–Crippen LogP) is 3.88. The van der Waals surface area contributed by atoms with E-state index in [1.807, 2.05) is 19.2 Å². The van der Waals surface area contributed by atoms with E-state index in [0.717, 1.165) is 50.7 Å². The number of ether oxygens (including phenoxy) is 2. The highest BCUT2D eigenvalue weighted by Crippen LogP contribution is 2.33. The lowest BCUT2D eigenvalue weighted by atomic mass is 9.89. The summed E-state index contributed by atoms with van der Waals surface area (Å²) in [6.45, 7) is 4.63. The zero-order valence-corrected chi connectivity index (χ0v) is 17.8. The normalized spacial score (nSPS) is 19.6. The summed E-state index contributed by atoms with van der Waals surface area (Å²) >= 11 is 0. The molecule has 2 aromatic carbocycles. The van der Waals surface area contributed by atoms with Crippen molar-refractivity contribution in [1.29, 1.82) is 0 Å². The van der Waals surface area contributed by atoms with Gasteiger partial charge in [0.05, 0.1) is 13.2 Å². The topological polar surface area (TPSA) is 54.9 Å². The van der Waals surface area contributed by atoms with Crippen molar-refractivity contribution in [3.63, 3.8) is 0 Å². The van der Waals surface area contributed by atoms with E-state index in [1.165, 1.54) is 16.7 Å². The van der Waals surface area contributed by atoms with Crippen LogP contribution in [-0.4, -0.2) is 39.8 Å². The van der Waals surface area contributed by atoms with Crippen molar-refractivity contribution < 1.29 is 9.47 Å². The molecule has 5 nitrogen and oxygen atoms in total. The molecule has 3 rings (SSSR count). The Morgan fingerprint density at radius 3 is 2.55 bits per heavy atom. The third-order valence-corrected chi connectivity index (χ3v) is 5.47. The fraction of sp³-hybridized carbons (Fsp3) is 0.458. The Morgan fingerprint density at radius 2 is 1.86 bits per heavy atom. The third kappa shape index (κ3) is 6.23. The number of aryl methyl sites for hydroxylation is 1. The maximum Gasteiger partial charge on any atom is 0.190 e. The van der Waals surface area contributed by atoms with Crippen molar-refractivity contribution in [1.82, 2.24) is 10.6 Å². The van der Waals surface area contributed by atoms with Crippen LogP contribution in [0.25, 0.3) is 0 Å². The smallest absolute Gasteiger partial charge is 0.190 e. The molecule has 0 bridgehead atoms. The van der Waals surface area contributed by atoms with Crippen LogP contribution in [0, 0.1) is 12.8 Å². The van der Waals surface area contributed by atoms with Gasteiger partial charge >= 0.3 is 0 Å². The molecule has 1 fully saturated rings. The van der Waals surface area contributed by atoms with E-state index in [4.69, 9.17) is 9.47 Å². The van der Waals surface area contributed by atoms with Crippen LogP contribution in [-0.2, 0) is 11.2 Å². The largest absolute Gasteiger partial charge is 0.497 e. The third-order valence-electron chi connectivity index (χ3n) is 5.47. The zero-order valence-electron chi connectivity index (χ0n) is 17.8. The molecule has 0 saturated carbocycles. The summed E-state index contributed by atoms with van der Waals surface area (Å²) in [5.41, 5.74) is 3.82. The highest BCUT2D eigenvalue weighted by Gasteiger charge is 2.27. The molecule has 1 aliphatic rings. The average Bonchev–Trinajstić information content (AvgIpc) is 2.77. The second kappa shape index (κ2) is 10.9. The Bertz CT molecular complexity index is 772. The molecule has 2 N–H and O–H groups in total. The molecule has 156 valence electrons. The first-order chi connectivity index (χ1) is 14.2. The van der Waals surface area contributed by atoms with Gasteiger partial charge in [-0.2, -0.15) is 0 Å². The fourth-order valence-electron chi connectivity index (χ4n) is 3.74. The van der Waals surface area contributed by atoms with Gasteiger partial charge in [0.1, 0.15) is 5.75 Å². The Morgan fingerprint density at radius 1 is 1.10 bits per heavy atom. The first kappa shape index (κ1) is 21.2. The molecule has 1 saturated heterocycles. The number of nitrogens with zero attached hydrogens (tertiary/aromatic N) is 1.